The van der Waals surface area contributed by atoms with Crippen LogP contribution in [0.15, 0.2) is 29.8 Å². The summed E-state index contributed by atoms with van der Waals surface area (Å²) >= 11 is 0. The van der Waals surface area contributed by atoms with Crippen LogP contribution in [-0.2, 0) is 4.79 Å². The van der Waals surface area contributed by atoms with E-state index in [9.17, 15) is 9.18 Å². The molecule has 0 saturated carbocycles. The zero-order valence-corrected chi connectivity index (χ0v) is 11.1. The number of hydrogen-bond donors (Lipinski definition) is 1. The minimum absolute atomic E-state index is 0.200. The van der Waals surface area contributed by atoms with Crippen molar-refractivity contribution in [3.63, 3.8) is 0 Å². The van der Waals surface area contributed by atoms with Crippen LogP contribution in [0.1, 0.15) is 38.2 Å². The molecule has 0 unspecified atom stereocenters. The molecule has 3 heteroatoms. The van der Waals surface area contributed by atoms with Crippen LogP contribution in [0.25, 0.3) is 5.57 Å². The SMILES string of the molecule is CCC(=O)C1=C(c2ccc(F)cc2)C[C@@H]2CC[C@H]1N2. The molecule has 1 aromatic carbocycles. The molecule has 0 spiro atoms. The second-order valence-corrected chi connectivity index (χ2v) is 5.37. The number of halogens is 1. The van der Waals surface area contributed by atoms with Crippen molar-refractivity contribution >= 4 is 11.4 Å². The Kier molecular flexibility index (Phi) is 3.23. The maximum absolute atomic E-state index is 13.0. The van der Waals surface area contributed by atoms with Gasteiger partial charge in [-0.15, -0.1) is 0 Å². The summed E-state index contributed by atoms with van der Waals surface area (Å²) in [5.74, 6) is -0.0122. The summed E-state index contributed by atoms with van der Waals surface area (Å²) in [5.41, 5.74) is 3.05. The van der Waals surface area contributed by atoms with Crippen molar-refractivity contribution in [2.45, 2.75) is 44.7 Å². The van der Waals surface area contributed by atoms with E-state index in [0.29, 0.717) is 12.5 Å². The van der Waals surface area contributed by atoms with Crippen LogP contribution in [-0.4, -0.2) is 17.9 Å². The predicted octanol–water partition coefficient (Wildman–Crippen LogP) is 3.08. The molecular weight excluding hydrogens is 241 g/mol. The molecule has 2 nitrogen and oxygen atoms in total. The Bertz CT molecular complexity index is 532. The van der Waals surface area contributed by atoms with Crippen molar-refractivity contribution in [1.29, 1.82) is 0 Å². The van der Waals surface area contributed by atoms with Crippen LogP contribution < -0.4 is 5.32 Å². The normalized spacial score (nSPS) is 25.8. The van der Waals surface area contributed by atoms with Crippen LogP contribution in [0.5, 0.6) is 0 Å². The predicted molar refractivity (Wildman–Crippen MR) is 73.2 cm³/mol. The fourth-order valence-corrected chi connectivity index (χ4v) is 3.25. The Morgan fingerprint density at radius 2 is 2.05 bits per heavy atom. The van der Waals surface area contributed by atoms with E-state index >= 15 is 0 Å². The Morgan fingerprint density at radius 1 is 1.32 bits per heavy atom. The molecule has 1 aromatic rings. The van der Waals surface area contributed by atoms with E-state index in [1.807, 2.05) is 6.92 Å². The highest BCUT2D eigenvalue weighted by Crippen LogP contribution is 2.37. The molecule has 100 valence electrons. The van der Waals surface area contributed by atoms with Gasteiger partial charge in [-0.2, -0.15) is 0 Å². The summed E-state index contributed by atoms with van der Waals surface area (Å²) in [6.45, 7) is 1.90. The van der Waals surface area contributed by atoms with Gasteiger partial charge in [-0.25, -0.2) is 4.39 Å². The van der Waals surface area contributed by atoms with Gasteiger partial charge in [-0.3, -0.25) is 4.79 Å². The van der Waals surface area contributed by atoms with Gasteiger partial charge >= 0.3 is 0 Å². The molecule has 0 aromatic heterocycles. The summed E-state index contributed by atoms with van der Waals surface area (Å²) in [6.07, 6.45) is 3.57. The van der Waals surface area contributed by atoms with E-state index < -0.39 is 0 Å². The molecule has 0 amide bonds. The lowest BCUT2D eigenvalue weighted by molar-refractivity contribution is -0.115. The van der Waals surface area contributed by atoms with Gasteiger partial charge in [0.25, 0.3) is 0 Å². The van der Waals surface area contributed by atoms with Crippen LogP contribution in [0.4, 0.5) is 4.39 Å². The highest BCUT2D eigenvalue weighted by atomic mass is 19.1. The number of carbonyl (C=O) groups is 1. The zero-order valence-electron chi connectivity index (χ0n) is 11.1. The Morgan fingerprint density at radius 3 is 2.74 bits per heavy atom. The first kappa shape index (κ1) is 12.5. The highest BCUT2D eigenvalue weighted by Gasteiger charge is 2.36. The number of benzene rings is 1. The van der Waals surface area contributed by atoms with E-state index in [-0.39, 0.29) is 17.6 Å². The average Bonchev–Trinajstić information content (AvgIpc) is 2.80. The third-order valence-electron chi connectivity index (χ3n) is 4.18. The van der Waals surface area contributed by atoms with Gasteiger partial charge in [0.15, 0.2) is 5.78 Å². The summed E-state index contributed by atoms with van der Waals surface area (Å²) in [4.78, 5) is 12.2. The summed E-state index contributed by atoms with van der Waals surface area (Å²) in [6, 6.07) is 7.20. The lowest BCUT2D eigenvalue weighted by Gasteiger charge is -2.27. The van der Waals surface area contributed by atoms with Crippen molar-refractivity contribution in [2.75, 3.05) is 0 Å². The van der Waals surface area contributed by atoms with Crippen molar-refractivity contribution < 1.29 is 9.18 Å². The van der Waals surface area contributed by atoms with Crippen molar-refractivity contribution in [1.82, 2.24) is 5.32 Å². The van der Waals surface area contributed by atoms with Gasteiger partial charge < -0.3 is 5.32 Å². The third-order valence-corrected chi connectivity index (χ3v) is 4.18. The monoisotopic (exact) mass is 259 g/mol. The Hall–Kier alpha value is -1.48. The van der Waals surface area contributed by atoms with Crippen LogP contribution in [0.2, 0.25) is 0 Å². The number of rotatable bonds is 3. The molecule has 19 heavy (non-hydrogen) atoms. The molecule has 1 N–H and O–H groups in total. The number of nitrogens with one attached hydrogen (secondary N) is 1. The maximum Gasteiger partial charge on any atom is 0.160 e. The molecule has 1 saturated heterocycles. The van der Waals surface area contributed by atoms with Gasteiger partial charge in [0.05, 0.1) is 0 Å². The van der Waals surface area contributed by atoms with Gasteiger partial charge in [0, 0.05) is 24.1 Å². The first-order valence-corrected chi connectivity index (χ1v) is 6.97. The van der Waals surface area contributed by atoms with Crippen molar-refractivity contribution in [3.05, 3.63) is 41.2 Å². The van der Waals surface area contributed by atoms with Gasteiger partial charge in [-0.05, 0) is 42.5 Å². The molecule has 2 heterocycles. The molecule has 2 atom stereocenters. The van der Waals surface area contributed by atoms with E-state index in [1.54, 1.807) is 12.1 Å². The van der Waals surface area contributed by atoms with Gasteiger partial charge in [-0.1, -0.05) is 19.1 Å². The zero-order chi connectivity index (χ0) is 13.4. The minimum Gasteiger partial charge on any atom is -0.307 e. The molecule has 0 aliphatic carbocycles. The molecule has 2 aliphatic rings. The lowest BCUT2D eigenvalue weighted by atomic mass is 9.87. The van der Waals surface area contributed by atoms with Gasteiger partial charge in [0.1, 0.15) is 5.82 Å². The second kappa shape index (κ2) is 4.89. The largest absolute Gasteiger partial charge is 0.307 e. The van der Waals surface area contributed by atoms with Crippen LogP contribution >= 0.6 is 0 Å². The second-order valence-electron chi connectivity index (χ2n) is 5.37. The standard InChI is InChI=1S/C16H18FNO/c1-2-15(19)16-13(9-12-7-8-14(16)18-12)10-3-5-11(17)6-4-10/h3-6,12,14,18H,2,7-9H2,1H3/t12-,14+/m0/s1. The first-order valence-electron chi connectivity index (χ1n) is 6.97. The molecule has 2 bridgehead atoms. The number of carbonyl (C=O) groups excluding carboxylic acids is 1. The fraction of sp³-hybridized carbons (Fsp3) is 0.438. The van der Waals surface area contributed by atoms with Crippen molar-refractivity contribution in [3.8, 4) is 0 Å². The summed E-state index contributed by atoms with van der Waals surface area (Å²) in [5, 5.41) is 3.51. The lowest BCUT2D eigenvalue weighted by Crippen LogP contribution is -2.38. The average molecular weight is 259 g/mol. The van der Waals surface area contributed by atoms with Crippen molar-refractivity contribution in [2.24, 2.45) is 0 Å². The molecule has 1 fully saturated rings. The summed E-state index contributed by atoms with van der Waals surface area (Å²) < 4.78 is 13.0. The number of hydrogen-bond acceptors (Lipinski definition) is 2. The number of fused-ring (bicyclic) bond motifs is 2. The molecular formula is C16H18FNO. The minimum atomic E-state index is -0.232. The number of ketones is 1. The Labute approximate surface area is 112 Å². The Balaban J connectivity index is 2.07. The van der Waals surface area contributed by atoms with E-state index in [4.69, 9.17) is 0 Å². The van der Waals surface area contributed by atoms with Crippen LogP contribution in [0, 0.1) is 5.82 Å². The molecule has 3 rings (SSSR count). The van der Waals surface area contributed by atoms with E-state index in [2.05, 4.69) is 5.32 Å². The maximum atomic E-state index is 13.0. The fourth-order valence-electron chi connectivity index (χ4n) is 3.25. The first-order chi connectivity index (χ1) is 9.19. The van der Waals surface area contributed by atoms with Crippen LogP contribution in [0.3, 0.4) is 0 Å². The molecule has 2 aliphatic heterocycles. The smallest absolute Gasteiger partial charge is 0.160 e. The van der Waals surface area contributed by atoms with Gasteiger partial charge in [0.2, 0.25) is 0 Å². The van der Waals surface area contributed by atoms with E-state index in [0.717, 1.165) is 36.0 Å². The summed E-state index contributed by atoms with van der Waals surface area (Å²) in [7, 11) is 0. The molecule has 0 radical (unpaired) electrons. The van der Waals surface area contributed by atoms with E-state index in [1.165, 1.54) is 12.1 Å². The number of Topliss-reactive ketones (excluding diaryl/α,β-unsaturated/α-hetero) is 1. The quantitative estimate of drug-likeness (QED) is 0.903. The highest BCUT2D eigenvalue weighted by molar-refractivity contribution is 6.04. The third kappa shape index (κ3) is 2.23. The topological polar surface area (TPSA) is 29.1 Å².